The van der Waals surface area contributed by atoms with Crippen molar-refractivity contribution in [3.63, 3.8) is 0 Å². The summed E-state index contributed by atoms with van der Waals surface area (Å²) in [7, 11) is 0. The average molecular weight is 256 g/mol. The van der Waals surface area contributed by atoms with Crippen LogP contribution in [0.2, 0.25) is 0 Å². The molecule has 98 valence electrons. The Morgan fingerprint density at radius 1 is 1.53 bits per heavy atom. The number of nitrogens with zero attached hydrogens (tertiary/aromatic N) is 1. The van der Waals surface area contributed by atoms with Crippen LogP contribution in [0.5, 0.6) is 0 Å². The number of rotatable bonds is 3. The van der Waals surface area contributed by atoms with Crippen molar-refractivity contribution in [2.24, 2.45) is 4.99 Å². The SMILES string of the molecule is CCC1(C)CCSC(=NCC2CCCCO2)N1. The van der Waals surface area contributed by atoms with E-state index in [1.807, 2.05) is 11.8 Å². The lowest BCUT2D eigenvalue weighted by Gasteiger charge is -2.35. The minimum atomic E-state index is 0.248. The Hall–Kier alpha value is -0.220. The number of hydrogen-bond donors (Lipinski definition) is 1. The predicted molar refractivity (Wildman–Crippen MR) is 74.8 cm³/mol. The van der Waals surface area contributed by atoms with Gasteiger partial charge in [-0.1, -0.05) is 18.7 Å². The van der Waals surface area contributed by atoms with Crippen LogP contribution in [-0.2, 0) is 4.74 Å². The van der Waals surface area contributed by atoms with E-state index in [-0.39, 0.29) is 5.54 Å². The second kappa shape index (κ2) is 6.10. The molecule has 0 amide bonds. The number of thioether (sulfide) groups is 1. The zero-order valence-electron chi connectivity index (χ0n) is 11.0. The van der Waals surface area contributed by atoms with Gasteiger partial charge in [0.05, 0.1) is 12.6 Å². The third kappa shape index (κ3) is 3.88. The van der Waals surface area contributed by atoms with Crippen molar-refractivity contribution in [2.75, 3.05) is 18.9 Å². The van der Waals surface area contributed by atoms with E-state index in [1.165, 1.54) is 31.4 Å². The Morgan fingerprint density at radius 2 is 2.41 bits per heavy atom. The molecule has 2 rings (SSSR count). The van der Waals surface area contributed by atoms with Crippen molar-refractivity contribution in [2.45, 2.75) is 57.6 Å². The van der Waals surface area contributed by atoms with Crippen molar-refractivity contribution in [1.29, 1.82) is 0 Å². The van der Waals surface area contributed by atoms with Gasteiger partial charge in [0.2, 0.25) is 0 Å². The van der Waals surface area contributed by atoms with Gasteiger partial charge in [-0.25, -0.2) is 0 Å². The molecule has 2 fully saturated rings. The van der Waals surface area contributed by atoms with Gasteiger partial charge in [-0.3, -0.25) is 4.99 Å². The van der Waals surface area contributed by atoms with Crippen LogP contribution in [0.25, 0.3) is 0 Å². The second-order valence-corrected chi connectivity index (χ2v) is 6.36. The van der Waals surface area contributed by atoms with E-state index in [1.54, 1.807) is 0 Å². The number of ether oxygens (including phenoxy) is 1. The fourth-order valence-electron chi connectivity index (χ4n) is 2.22. The van der Waals surface area contributed by atoms with Crippen LogP contribution in [0, 0.1) is 0 Å². The monoisotopic (exact) mass is 256 g/mol. The minimum Gasteiger partial charge on any atom is -0.376 e. The first kappa shape index (κ1) is 13.2. The fraction of sp³-hybridized carbons (Fsp3) is 0.923. The van der Waals surface area contributed by atoms with Crippen LogP contribution in [0.1, 0.15) is 46.0 Å². The van der Waals surface area contributed by atoms with Gasteiger partial charge in [-0.15, -0.1) is 0 Å². The number of hydrogen-bond acceptors (Lipinski definition) is 3. The molecule has 0 radical (unpaired) electrons. The third-order valence-corrected chi connectivity index (χ3v) is 4.71. The highest BCUT2D eigenvalue weighted by Crippen LogP contribution is 2.25. The average Bonchev–Trinajstić information content (AvgIpc) is 2.38. The van der Waals surface area contributed by atoms with Gasteiger partial charge in [0.15, 0.2) is 5.17 Å². The largest absolute Gasteiger partial charge is 0.376 e. The van der Waals surface area contributed by atoms with Gasteiger partial charge < -0.3 is 10.1 Å². The molecule has 0 aliphatic carbocycles. The van der Waals surface area contributed by atoms with Crippen LogP contribution >= 0.6 is 11.8 Å². The van der Waals surface area contributed by atoms with Crippen LogP contribution in [0.15, 0.2) is 4.99 Å². The molecule has 1 N–H and O–H groups in total. The van der Waals surface area contributed by atoms with E-state index in [0.717, 1.165) is 24.7 Å². The van der Waals surface area contributed by atoms with E-state index in [2.05, 4.69) is 19.2 Å². The lowest BCUT2D eigenvalue weighted by Crippen LogP contribution is -2.48. The fourth-order valence-corrected chi connectivity index (χ4v) is 3.45. The number of nitrogens with one attached hydrogen (secondary N) is 1. The normalized spacial score (nSPS) is 36.8. The summed E-state index contributed by atoms with van der Waals surface area (Å²) in [5.41, 5.74) is 0.248. The van der Waals surface area contributed by atoms with Crippen LogP contribution in [0.3, 0.4) is 0 Å². The van der Waals surface area contributed by atoms with Crippen molar-refractivity contribution in [1.82, 2.24) is 5.32 Å². The molecule has 0 aromatic carbocycles. The maximum absolute atomic E-state index is 5.70. The molecule has 3 nitrogen and oxygen atoms in total. The number of amidine groups is 1. The summed E-state index contributed by atoms with van der Waals surface area (Å²) >= 11 is 1.85. The molecule has 2 aliphatic rings. The van der Waals surface area contributed by atoms with Gasteiger partial charge in [-0.05, 0) is 39.0 Å². The van der Waals surface area contributed by atoms with E-state index in [9.17, 15) is 0 Å². The van der Waals surface area contributed by atoms with E-state index in [4.69, 9.17) is 9.73 Å². The van der Waals surface area contributed by atoms with Crippen LogP contribution < -0.4 is 5.32 Å². The molecule has 4 heteroatoms. The van der Waals surface area contributed by atoms with Gasteiger partial charge in [-0.2, -0.15) is 0 Å². The smallest absolute Gasteiger partial charge is 0.157 e. The summed E-state index contributed by atoms with van der Waals surface area (Å²) in [5.74, 6) is 1.18. The van der Waals surface area contributed by atoms with Crippen LogP contribution in [-0.4, -0.2) is 35.7 Å². The maximum Gasteiger partial charge on any atom is 0.157 e. The molecule has 0 aromatic rings. The predicted octanol–water partition coefficient (Wildman–Crippen LogP) is 2.81. The summed E-state index contributed by atoms with van der Waals surface area (Å²) in [6, 6.07) is 0. The van der Waals surface area contributed by atoms with E-state index >= 15 is 0 Å². The van der Waals surface area contributed by atoms with Gasteiger partial charge >= 0.3 is 0 Å². The van der Waals surface area contributed by atoms with Crippen molar-refractivity contribution < 1.29 is 4.74 Å². The first-order valence-corrected chi connectivity index (χ1v) is 7.77. The highest BCUT2D eigenvalue weighted by atomic mass is 32.2. The molecule has 2 aliphatic heterocycles. The molecule has 0 saturated carbocycles. The molecule has 2 saturated heterocycles. The standard InChI is InChI=1S/C13H24N2OS/c1-3-13(2)7-9-17-12(15-13)14-10-11-6-4-5-8-16-11/h11H,3-10H2,1-2H3,(H,14,15). The van der Waals surface area contributed by atoms with Crippen molar-refractivity contribution in [3.8, 4) is 0 Å². The summed E-state index contributed by atoms with van der Waals surface area (Å²) in [4.78, 5) is 4.69. The maximum atomic E-state index is 5.70. The Kier molecular flexibility index (Phi) is 4.74. The molecule has 17 heavy (non-hydrogen) atoms. The molecular weight excluding hydrogens is 232 g/mol. The molecular formula is C13H24N2OS. The van der Waals surface area contributed by atoms with Gasteiger partial charge in [0.25, 0.3) is 0 Å². The highest BCUT2D eigenvalue weighted by molar-refractivity contribution is 8.13. The first-order chi connectivity index (χ1) is 8.22. The Labute approximate surface area is 109 Å². The molecule has 0 spiro atoms. The lowest BCUT2D eigenvalue weighted by molar-refractivity contribution is 0.0225. The van der Waals surface area contributed by atoms with Gasteiger partial charge in [0, 0.05) is 17.9 Å². The zero-order chi connectivity index (χ0) is 12.1. The summed E-state index contributed by atoms with van der Waals surface area (Å²) in [6.45, 7) is 6.28. The summed E-state index contributed by atoms with van der Waals surface area (Å²) < 4.78 is 5.70. The molecule has 2 heterocycles. The van der Waals surface area contributed by atoms with E-state index < -0.39 is 0 Å². The van der Waals surface area contributed by atoms with Crippen LogP contribution in [0.4, 0.5) is 0 Å². The molecule has 0 bridgehead atoms. The first-order valence-electron chi connectivity index (χ1n) is 6.79. The van der Waals surface area contributed by atoms with E-state index in [0.29, 0.717) is 6.10 Å². The van der Waals surface area contributed by atoms with Gasteiger partial charge in [0.1, 0.15) is 0 Å². The molecule has 2 atom stereocenters. The lowest BCUT2D eigenvalue weighted by atomic mass is 9.96. The Bertz CT molecular complexity index is 277. The van der Waals surface area contributed by atoms with Crippen molar-refractivity contribution in [3.05, 3.63) is 0 Å². The number of aliphatic imine (C=N–C) groups is 1. The minimum absolute atomic E-state index is 0.248. The Morgan fingerprint density at radius 3 is 3.12 bits per heavy atom. The summed E-state index contributed by atoms with van der Waals surface area (Å²) in [6.07, 6.45) is 6.43. The Balaban J connectivity index is 1.83. The molecule has 0 aromatic heterocycles. The molecule has 2 unspecified atom stereocenters. The quantitative estimate of drug-likeness (QED) is 0.843. The highest BCUT2D eigenvalue weighted by Gasteiger charge is 2.27. The third-order valence-electron chi connectivity index (χ3n) is 3.79. The second-order valence-electron chi connectivity index (χ2n) is 5.27. The zero-order valence-corrected chi connectivity index (χ0v) is 11.8. The topological polar surface area (TPSA) is 33.6 Å². The van der Waals surface area contributed by atoms with Crippen molar-refractivity contribution >= 4 is 16.9 Å². The summed E-state index contributed by atoms with van der Waals surface area (Å²) in [5, 5.41) is 4.70.